The number of nitrogens with zero attached hydrogens (tertiary/aromatic N) is 1. The lowest BCUT2D eigenvalue weighted by Crippen LogP contribution is -2.35. The Morgan fingerprint density at radius 1 is 0.963 bits per heavy atom. The van der Waals surface area contributed by atoms with E-state index in [1.807, 2.05) is 42.5 Å². The third kappa shape index (κ3) is 5.08. The standard InChI is InChI=1S/C21H19FN2O2S/c22-17-6-8-18(9-7-17)24(12-11-20(23)25)21(26)14-27-19-10-5-15-3-1-2-4-16(15)13-19/h1-10,13H,11-12,14H2,(H2,23,25). The van der Waals surface area contributed by atoms with Crippen molar-refractivity contribution in [3.8, 4) is 0 Å². The molecule has 0 spiro atoms. The van der Waals surface area contributed by atoms with Crippen LogP contribution in [-0.4, -0.2) is 24.1 Å². The first-order valence-corrected chi connectivity index (χ1v) is 9.47. The Bertz CT molecular complexity index is 960. The van der Waals surface area contributed by atoms with Crippen LogP contribution in [0.15, 0.2) is 71.6 Å². The molecule has 4 nitrogen and oxygen atoms in total. The number of thioether (sulfide) groups is 1. The average Bonchev–Trinajstić information content (AvgIpc) is 2.67. The van der Waals surface area contributed by atoms with E-state index in [9.17, 15) is 14.0 Å². The zero-order valence-corrected chi connectivity index (χ0v) is 15.4. The van der Waals surface area contributed by atoms with Gasteiger partial charge in [0.15, 0.2) is 0 Å². The predicted octanol–water partition coefficient (Wildman–Crippen LogP) is 3.98. The fraction of sp³-hybridized carbons (Fsp3) is 0.143. The number of primary amides is 1. The molecule has 3 aromatic rings. The Morgan fingerprint density at radius 2 is 1.67 bits per heavy atom. The summed E-state index contributed by atoms with van der Waals surface area (Å²) >= 11 is 1.42. The lowest BCUT2D eigenvalue weighted by molar-refractivity contribution is -0.118. The van der Waals surface area contributed by atoms with Gasteiger partial charge < -0.3 is 10.6 Å². The predicted molar refractivity (Wildman–Crippen MR) is 107 cm³/mol. The van der Waals surface area contributed by atoms with Gasteiger partial charge in [-0.1, -0.05) is 30.3 Å². The van der Waals surface area contributed by atoms with Crippen LogP contribution < -0.4 is 10.6 Å². The number of carbonyl (C=O) groups is 2. The Hall–Kier alpha value is -2.86. The maximum absolute atomic E-state index is 13.2. The lowest BCUT2D eigenvalue weighted by atomic mass is 10.1. The van der Waals surface area contributed by atoms with E-state index in [1.54, 1.807) is 0 Å². The second kappa shape index (κ2) is 8.68. The van der Waals surface area contributed by atoms with Crippen LogP contribution in [0.4, 0.5) is 10.1 Å². The molecule has 0 aliphatic rings. The van der Waals surface area contributed by atoms with E-state index in [-0.39, 0.29) is 30.4 Å². The molecule has 3 rings (SSSR count). The molecular formula is C21H19FN2O2S. The van der Waals surface area contributed by atoms with Crippen LogP contribution in [0.2, 0.25) is 0 Å². The second-order valence-electron chi connectivity index (χ2n) is 6.04. The number of amides is 2. The van der Waals surface area contributed by atoms with Crippen LogP contribution >= 0.6 is 11.8 Å². The van der Waals surface area contributed by atoms with Gasteiger partial charge in [0.1, 0.15) is 5.82 Å². The fourth-order valence-corrected chi connectivity index (χ4v) is 3.54. The molecule has 0 atom stereocenters. The summed E-state index contributed by atoms with van der Waals surface area (Å²) in [5, 5.41) is 2.25. The molecule has 0 bridgehead atoms. The van der Waals surface area contributed by atoms with Crippen molar-refractivity contribution in [2.24, 2.45) is 5.73 Å². The van der Waals surface area contributed by atoms with Crippen LogP contribution in [0.5, 0.6) is 0 Å². The van der Waals surface area contributed by atoms with Gasteiger partial charge in [0.2, 0.25) is 11.8 Å². The second-order valence-corrected chi connectivity index (χ2v) is 7.08. The van der Waals surface area contributed by atoms with Crippen molar-refractivity contribution < 1.29 is 14.0 Å². The van der Waals surface area contributed by atoms with E-state index < -0.39 is 5.91 Å². The summed E-state index contributed by atoms with van der Waals surface area (Å²) in [5.41, 5.74) is 5.76. The highest BCUT2D eigenvalue weighted by Gasteiger charge is 2.17. The van der Waals surface area contributed by atoms with Gasteiger partial charge in [-0.05, 0) is 47.2 Å². The Balaban J connectivity index is 1.72. The summed E-state index contributed by atoms with van der Waals surface area (Å²) in [7, 11) is 0. The van der Waals surface area contributed by atoms with Crippen molar-refractivity contribution in [3.63, 3.8) is 0 Å². The normalized spacial score (nSPS) is 10.7. The molecule has 0 aliphatic carbocycles. The van der Waals surface area contributed by atoms with Crippen LogP contribution in [0, 0.1) is 5.82 Å². The van der Waals surface area contributed by atoms with Gasteiger partial charge in [0, 0.05) is 23.5 Å². The van der Waals surface area contributed by atoms with E-state index in [1.165, 1.54) is 40.9 Å². The van der Waals surface area contributed by atoms with Gasteiger partial charge in [-0.15, -0.1) is 11.8 Å². The van der Waals surface area contributed by atoms with E-state index in [2.05, 4.69) is 0 Å². The Kier molecular flexibility index (Phi) is 6.08. The summed E-state index contributed by atoms with van der Waals surface area (Å²) in [6.45, 7) is 0.165. The van der Waals surface area contributed by atoms with E-state index in [4.69, 9.17) is 5.73 Å². The highest BCUT2D eigenvalue weighted by molar-refractivity contribution is 8.00. The largest absolute Gasteiger partial charge is 0.370 e. The number of benzene rings is 3. The zero-order valence-electron chi connectivity index (χ0n) is 14.6. The van der Waals surface area contributed by atoms with Gasteiger partial charge in [0.05, 0.1) is 5.75 Å². The third-order valence-corrected chi connectivity index (χ3v) is 5.08. The molecule has 3 aromatic carbocycles. The Labute approximate surface area is 161 Å². The molecule has 0 saturated heterocycles. The van der Waals surface area contributed by atoms with E-state index >= 15 is 0 Å². The molecule has 6 heteroatoms. The summed E-state index contributed by atoms with van der Waals surface area (Å²) in [5.74, 6) is -0.834. The maximum atomic E-state index is 13.2. The molecule has 27 heavy (non-hydrogen) atoms. The lowest BCUT2D eigenvalue weighted by Gasteiger charge is -2.22. The molecule has 0 unspecified atom stereocenters. The molecule has 138 valence electrons. The highest BCUT2D eigenvalue weighted by atomic mass is 32.2. The van der Waals surface area contributed by atoms with Crippen molar-refractivity contribution in [3.05, 3.63) is 72.5 Å². The quantitative estimate of drug-likeness (QED) is 0.629. The van der Waals surface area contributed by atoms with E-state index in [0.717, 1.165) is 15.7 Å². The van der Waals surface area contributed by atoms with Crippen molar-refractivity contribution >= 4 is 40.0 Å². The minimum absolute atomic E-state index is 0.0454. The first kappa shape index (κ1) is 18.9. The first-order valence-electron chi connectivity index (χ1n) is 8.49. The van der Waals surface area contributed by atoms with Gasteiger partial charge in [0.25, 0.3) is 0 Å². The van der Waals surface area contributed by atoms with Gasteiger partial charge in [-0.25, -0.2) is 4.39 Å². The van der Waals surface area contributed by atoms with Gasteiger partial charge >= 0.3 is 0 Å². The molecule has 2 N–H and O–H groups in total. The van der Waals surface area contributed by atoms with E-state index in [0.29, 0.717) is 5.69 Å². The van der Waals surface area contributed by atoms with Crippen LogP contribution in [0.3, 0.4) is 0 Å². The third-order valence-electron chi connectivity index (χ3n) is 4.10. The number of nitrogens with two attached hydrogens (primary N) is 1. The number of hydrogen-bond acceptors (Lipinski definition) is 3. The zero-order chi connectivity index (χ0) is 19.2. The van der Waals surface area contributed by atoms with Crippen LogP contribution in [0.1, 0.15) is 6.42 Å². The van der Waals surface area contributed by atoms with Crippen molar-refractivity contribution in [1.82, 2.24) is 0 Å². The molecular weight excluding hydrogens is 363 g/mol. The molecule has 0 aromatic heterocycles. The Morgan fingerprint density at radius 3 is 2.37 bits per heavy atom. The number of fused-ring (bicyclic) bond motifs is 1. The minimum atomic E-state index is -0.489. The topological polar surface area (TPSA) is 63.4 Å². The summed E-state index contributed by atoms with van der Waals surface area (Å²) < 4.78 is 13.2. The molecule has 0 fully saturated rings. The van der Waals surface area contributed by atoms with Gasteiger partial charge in [-0.3, -0.25) is 9.59 Å². The van der Waals surface area contributed by atoms with Crippen LogP contribution in [0.25, 0.3) is 10.8 Å². The number of carbonyl (C=O) groups excluding carboxylic acids is 2. The highest BCUT2D eigenvalue weighted by Crippen LogP contribution is 2.25. The fourth-order valence-electron chi connectivity index (χ4n) is 2.72. The summed E-state index contributed by atoms with van der Waals surface area (Å²) in [6.07, 6.45) is 0.0454. The van der Waals surface area contributed by atoms with Crippen molar-refractivity contribution in [1.29, 1.82) is 0 Å². The maximum Gasteiger partial charge on any atom is 0.237 e. The number of halogens is 1. The smallest absolute Gasteiger partial charge is 0.237 e. The number of rotatable bonds is 7. The average molecular weight is 382 g/mol. The van der Waals surface area contributed by atoms with Gasteiger partial charge in [-0.2, -0.15) is 0 Å². The molecule has 2 amide bonds. The molecule has 0 aliphatic heterocycles. The van der Waals surface area contributed by atoms with Crippen LogP contribution in [-0.2, 0) is 9.59 Å². The number of hydrogen-bond donors (Lipinski definition) is 1. The first-order chi connectivity index (χ1) is 13.0. The SMILES string of the molecule is NC(=O)CCN(C(=O)CSc1ccc2ccccc2c1)c1ccc(F)cc1. The number of anilines is 1. The molecule has 0 saturated carbocycles. The summed E-state index contributed by atoms with van der Waals surface area (Å²) in [6, 6.07) is 19.7. The molecule has 0 heterocycles. The monoisotopic (exact) mass is 382 g/mol. The van der Waals surface area contributed by atoms with Crippen molar-refractivity contribution in [2.75, 3.05) is 17.2 Å². The summed E-state index contributed by atoms with van der Waals surface area (Å²) in [4.78, 5) is 26.3. The van der Waals surface area contributed by atoms with Crippen molar-refractivity contribution in [2.45, 2.75) is 11.3 Å². The minimum Gasteiger partial charge on any atom is -0.370 e. The molecule has 0 radical (unpaired) electrons.